The average molecular weight is 441 g/mol. The highest BCUT2D eigenvalue weighted by atomic mass is 32.2. The fraction of sp³-hybridized carbons (Fsp3) is 0.520. The van der Waals surface area contributed by atoms with Crippen LogP contribution in [-0.4, -0.2) is 29.1 Å². The highest BCUT2D eigenvalue weighted by Gasteiger charge is 2.23. The number of hydrogen-bond acceptors (Lipinski definition) is 6. The number of aromatic nitrogens is 2. The van der Waals surface area contributed by atoms with Crippen molar-refractivity contribution in [3.8, 4) is 5.75 Å². The Morgan fingerprint density at radius 3 is 2.45 bits per heavy atom. The number of fused-ring (bicyclic) bond motifs is 1. The number of unbranched alkanes of at least 4 members (excludes halogenated alkanes) is 1. The summed E-state index contributed by atoms with van der Waals surface area (Å²) in [7, 11) is 0. The Morgan fingerprint density at radius 2 is 1.71 bits per heavy atom. The maximum Gasteiger partial charge on any atom is 0.149 e. The summed E-state index contributed by atoms with van der Waals surface area (Å²) in [6.45, 7) is 7.06. The van der Waals surface area contributed by atoms with Crippen LogP contribution in [0.3, 0.4) is 0 Å². The quantitative estimate of drug-likeness (QED) is 0.346. The van der Waals surface area contributed by atoms with Crippen molar-refractivity contribution in [1.29, 1.82) is 0 Å². The van der Waals surface area contributed by atoms with Gasteiger partial charge in [0.05, 0.1) is 18.8 Å². The van der Waals surface area contributed by atoms with Crippen molar-refractivity contribution in [2.75, 3.05) is 6.61 Å². The Labute approximate surface area is 188 Å². The van der Waals surface area contributed by atoms with Gasteiger partial charge in [0.15, 0.2) is 0 Å². The first-order valence-electron chi connectivity index (χ1n) is 11.4. The minimum absolute atomic E-state index is 0.398. The SMILES string of the molecule is CCOc1ccc(Sc2ccc(CCCCC3CC(C)OC(C)C3)c3nonc23)cc1. The first kappa shape index (κ1) is 22.2. The van der Waals surface area contributed by atoms with E-state index >= 15 is 0 Å². The molecule has 0 saturated carbocycles. The monoisotopic (exact) mass is 440 g/mol. The zero-order chi connectivity index (χ0) is 21.6. The number of aryl methyl sites for hydroxylation is 1. The Bertz CT molecular complexity index is 963. The summed E-state index contributed by atoms with van der Waals surface area (Å²) in [6, 6.07) is 12.5. The lowest BCUT2D eigenvalue weighted by Crippen LogP contribution is -2.29. The summed E-state index contributed by atoms with van der Waals surface area (Å²) in [5.74, 6) is 1.68. The smallest absolute Gasteiger partial charge is 0.149 e. The number of rotatable bonds is 9. The lowest BCUT2D eigenvalue weighted by Gasteiger charge is -2.32. The first-order chi connectivity index (χ1) is 15.1. The number of nitrogens with zero attached hydrogens (tertiary/aromatic N) is 2. The molecule has 0 amide bonds. The molecule has 31 heavy (non-hydrogen) atoms. The molecular weight excluding hydrogens is 408 g/mol. The molecule has 5 nitrogen and oxygen atoms in total. The van der Waals surface area contributed by atoms with Crippen LogP contribution in [0.1, 0.15) is 58.4 Å². The third kappa shape index (κ3) is 5.80. The maximum atomic E-state index is 5.87. The lowest BCUT2D eigenvalue weighted by atomic mass is 9.88. The van der Waals surface area contributed by atoms with Crippen molar-refractivity contribution >= 4 is 22.8 Å². The number of hydrogen-bond donors (Lipinski definition) is 0. The van der Waals surface area contributed by atoms with E-state index in [-0.39, 0.29) is 0 Å². The summed E-state index contributed by atoms with van der Waals surface area (Å²) < 4.78 is 16.5. The molecule has 0 aliphatic carbocycles. The molecule has 0 spiro atoms. The van der Waals surface area contributed by atoms with E-state index in [0.717, 1.165) is 45.3 Å². The Morgan fingerprint density at radius 1 is 0.968 bits per heavy atom. The summed E-state index contributed by atoms with van der Waals surface area (Å²) >= 11 is 1.67. The molecule has 1 fully saturated rings. The van der Waals surface area contributed by atoms with E-state index in [1.54, 1.807) is 11.8 Å². The topological polar surface area (TPSA) is 57.4 Å². The summed E-state index contributed by atoms with van der Waals surface area (Å²) in [6.07, 6.45) is 7.87. The average Bonchev–Trinajstić information content (AvgIpc) is 3.24. The van der Waals surface area contributed by atoms with Gasteiger partial charge in [0.1, 0.15) is 16.8 Å². The first-order valence-corrected chi connectivity index (χ1v) is 12.2. The fourth-order valence-corrected chi connectivity index (χ4v) is 5.50. The minimum atomic E-state index is 0.398. The van der Waals surface area contributed by atoms with Gasteiger partial charge < -0.3 is 9.47 Å². The van der Waals surface area contributed by atoms with Gasteiger partial charge in [0.25, 0.3) is 0 Å². The minimum Gasteiger partial charge on any atom is -0.494 e. The lowest BCUT2D eigenvalue weighted by molar-refractivity contribution is -0.0537. The molecule has 2 atom stereocenters. The summed E-state index contributed by atoms with van der Waals surface area (Å²) in [5.41, 5.74) is 2.97. The third-order valence-electron chi connectivity index (χ3n) is 5.93. The zero-order valence-corrected chi connectivity index (χ0v) is 19.5. The van der Waals surface area contributed by atoms with Gasteiger partial charge >= 0.3 is 0 Å². The predicted molar refractivity (Wildman–Crippen MR) is 124 cm³/mol. The molecule has 2 heterocycles. The third-order valence-corrected chi connectivity index (χ3v) is 6.99. The van der Waals surface area contributed by atoms with Crippen LogP contribution in [0.15, 0.2) is 50.8 Å². The zero-order valence-electron chi connectivity index (χ0n) is 18.7. The molecule has 1 aliphatic heterocycles. The van der Waals surface area contributed by atoms with Crippen molar-refractivity contribution in [3.05, 3.63) is 42.0 Å². The van der Waals surface area contributed by atoms with Gasteiger partial charge in [-0.1, -0.05) is 30.7 Å². The van der Waals surface area contributed by atoms with Crippen molar-refractivity contribution in [2.24, 2.45) is 5.92 Å². The molecule has 0 N–H and O–H groups in total. The van der Waals surface area contributed by atoms with Gasteiger partial charge in [0.2, 0.25) is 0 Å². The molecular formula is C25H32N2O3S. The number of ether oxygens (including phenoxy) is 2. The predicted octanol–water partition coefficient (Wildman–Crippen LogP) is 6.69. The van der Waals surface area contributed by atoms with Crippen molar-refractivity contribution in [3.63, 3.8) is 0 Å². The molecule has 4 rings (SSSR count). The molecule has 3 aromatic rings. The van der Waals surface area contributed by atoms with Crippen molar-refractivity contribution < 1.29 is 14.1 Å². The normalized spacial score (nSPS) is 21.5. The molecule has 1 saturated heterocycles. The highest BCUT2D eigenvalue weighted by molar-refractivity contribution is 7.99. The van der Waals surface area contributed by atoms with E-state index in [9.17, 15) is 0 Å². The summed E-state index contributed by atoms with van der Waals surface area (Å²) in [5, 5.41) is 8.41. The van der Waals surface area contributed by atoms with Gasteiger partial charge in [-0.2, -0.15) is 0 Å². The molecule has 1 aliphatic rings. The molecule has 166 valence electrons. The highest BCUT2D eigenvalue weighted by Crippen LogP contribution is 2.35. The van der Waals surface area contributed by atoms with Crippen LogP contribution in [0.2, 0.25) is 0 Å². The van der Waals surface area contributed by atoms with Gasteiger partial charge in [-0.25, -0.2) is 4.63 Å². The van der Waals surface area contributed by atoms with Gasteiger partial charge in [-0.05, 0) is 98.6 Å². The van der Waals surface area contributed by atoms with Crippen LogP contribution in [-0.2, 0) is 11.2 Å². The van der Waals surface area contributed by atoms with Gasteiger partial charge in [0, 0.05) is 9.79 Å². The Hall–Kier alpha value is -2.05. The fourth-order valence-electron chi connectivity index (χ4n) is 4.60. The van der Waals surface area contributed by atoms with E-state index in [0.29, 0.717) is 18.8 Å². The molecule has 0 radical (unpaired) electrons. The van der Waals surface area contributed by atoms with E-state index < -0.39 is 0 Å². The second-order valence-corrected chi connectivity index (χ2v) is 9.65. The van der Waals surface area contributed by atoms with E-state index in [1.807, 2.05) is 19.1 Å². The van der Waals surface area contributed by atoms with Crippen molar-refractivity contribution in [2.45, 2.75) is 81.3 Å². The van der Waals surface area contributed by atoms with Crippen LogP contribution < -0.4 is 4.74 Å². The standard InChI is InChI=1S/C25H32N2O3S/c1-4-28-21-10-12-22(13-11-21)31-23-14-9-20(24-25(23)27-30-26-24)8-6-5-7-19-15-17(2)29-18(3)16-19/h9-14,17-19H,4-8,15-16H2,1-3H3. The second-order valence-electron chi connectivity index (χ2n) is 8.53. The van der Waals surface area contributed by atoms with Crippen LogP contribution >= 0.6 is 11.8 Å². The number of benzene rings is 2. The second kappa shape index (κ2) is 10.5. The Balaban J connectivity index is 1.35. The van der Waals surface area contributed by atoms with Crippen LogP contribution in [0.25, 0.3) is 11.0 Å². The van der Waals surface area contributed by atoms with Gasteiger partial charge in [-0.3, -0.25) is 0 Å². The molecule has 6 heteroatoms. The van der Waals surface area contributed by atoms with E-state index in [1.165, 1.54) is 31.2 Å². The largest absolute Gasteiger partial charge is 0.494 e. The van der Waals surface area contributed by atoms with Crippen LogP contribution in [0.5, 0.6) is 5.75 Å². The molecule has 1 aromatic heterocycles. The van der Waals surface area contributed by atoms with E-state index in [4.69, 9.17) is 14.1 Å². The molecule has 2 aromatic carbocycles. The molecule has 0 bridgehead atoms. The van der Waals surface area contributed by atoms with E-state index in [2.05, 4.69) is 48.4 Å². The van der Waals surface area contributed by atoms with Crippen LogP contribution in [0, 0.1) is 5.92 Å². The van der Waals surface area contributed by atoms with Crippen LogP contribution in [0.4, 0.5) is 0 Å². The molecule has 2 unspecified atom stereocenters. The van der Waals surface area contributed by atoms with Crippen molar-refractivity contribution in [1.82, 2.24) is 10.3 Å². The summed E-state index contributed by atoms with van der Waals surface area (Å²) in [4.78, 5) is 2.20. The van der Waals surface area contributed by atoms with Gasteiger partial charge in [-0.15, -0.1) is 0 Å². The maximum absolute atomic E-state index is 5.87. The Kier molecular flexibility index (Phi) is 7.51.